The molecule has 0 aliphatic carbocycles. The lowest BCUT2D eigenvalue weighted by Crippen LogP contribution is -2.07. The Bertz CT molecular complexity index is 1410. The number of imidazole rings is 1. The van der Waals surface area contributed by atoms with Crippen molar-refractivity contribution in [2.75, 3.05) is 0 Å². The second kappa shape index (κ2) is 7.79. The number of nitriles is 1. The van der Waals surface area contributed by atoms with Gasteiger partial charge in [-0.05, 0) is 36.8 Å². The standard InChI is InChI=1S/C26H19ClN4/c1-17(19-8-10-21(27)11-9-19)31-16-30-25(20-5-3-2-4-6-20)26(31)23-15-29-24-13-18(14-28)7-12-22(23)24/h2-13,15-17,29H,1H3/t17-/m1/s1. The van der Waals surface area contributed by atoms with Crippen LogP contribution < -0.4 is 0 Å². The molecule has 0 bridgehead atoms. The Morgan fingerprint density at radius 2 is 1.81 bits per heavy atom. The molecule has 0 fully saturated rings. The Morgan fingerprint density at radius 1 is 1.03 bits per heavy atom. The van der Waals surface area contributed by atoms with Crippen molar-refractivity contribution in [2.24, 2.45) is 0 Å². The molecule has 0 radical (unpaired) electrons. The molecule has 2 heterocycles. The van der Waals surface area contributed by atoms with E-state index in [0.717, 1.165) is 44.0 Å². The van der Waals surface area contributed by atoms with Crippen LogP contribution in [-0.4, -0.2) is 14.5 Å². The van der Waals surface area contributed by atoms with E-state index in [1.807, 2.05) is 73.2 Å². The van der Waals surface area contributed by atoms with Gasteiger partial charge in [-0.25, -0.2) is 4.98 Å². The minimum Gasteiger partial charge on any atom is -0.360 e. The molecule has 5 aromatic rings. The number of aromatic amines is 1. The van der Waals surface area contributed by atoms with Gasteiger partial charge in [0, 0.05) is 33.2 Å². The van der Waals surface area contributed by atoms with E-state index < -0.39 is 0 Å². The van der Waals surface area contributed by atoms with Crippen molar-refractivity contribution in [2.45, 2.75) is 13.0 Å². The van der Waals surface area contributed by atoms with Crippen LogP contribution in [0.15, 0.2) is 85.3 Å². The summed E-state index contributed by atoms with van der Waals surface area (Å²) >= 11 is 6.10. The molecule has 1 atom stereocenters. The van der Waals surface area contributed by atoms with Gasteiger partial charge in [0.25, 0.3) is 0 Å². The molecular weight excluding hydrogens is 404 g/mol. The smallest absolute Gasteiger partial charge is 0.0992 e. The van der Waals surface area contributed by atoms with Crippen LogP contribution in [0.5, 0.6) is 0 Å². The van der Waals surface area contributed by atoms with Crippen LogP contribution in [0, 0.1) is 11.3 Å². The van der Waals surface area contributed by atoms with E-state index in [9.17, 15) is 5.26 Å². The normalized spacial score (nSPS) is 12.0. The molecule has 1 N–H and O–H groups in total. The molecular formula is C26H19ClN4. The lowest BCUT2D eigenvalue weighted by molar-refractivity contribution is 0.645. The van der Waals surface area contributed by atoms with E-state index >= 15 is 0 Å². The molecule has 2 aromatic heterocycles. The molecule has 4 nitrogen and oxygen atoms in total. The summed E-state index contributed by atoms with van der Waals surface area (Å²) in [7, 11) is 0. The van der Waals surface area contributed by atoms with Crippen molar-refractivity contribution in [1.82, 2.24) is 14.5 Å². The fourth-order valence-electron chi connectivity index (χ4n) is 4.02. The SMILES string of the molecule is C[C@H](c1ccc(Cl)cc1)n1cnc(-c2ccccc2)c1-c1c[nH]c2cc(C#N)ccc12. The van der Waals surface area contributed by atoms with Gasteiger partial charge in [0.15, 0.2) is 0 Å². The molecule has 150 valence electrons. The second-order valence-electron chi connectivity index (χ2n) is 7.52. The van der Waals surface area contributed by atoms with Gasteiger partial charge in [-0.15, -0.1) is 0 Å². The zero-order chi connectivity index (χ0) is 21.4. The molecule has 5 rings (SSSR count). The van der Waals surface area contributed by atoms with Crippen LogP contribution in [0.4, 0.5) is 0 Å². The van der Waals surface area contributed by atoms with Gasteiger partial charge in [-0.1, -0.05) is 60.1 Å². The number of rotatable bonds is 4. The first-order valence-electron chi connectivity index (χ1n) is 10.0. The highest BCUT2D eigenvalue weighted by molar-refractivity contribution is 6.30. The topological polar surface area (TPSA) is 57.4 Å². The third-order valence-corrected chi connectivity index (χ3v) is 5.93. The Labute approximate surface area is 185 Å². The molecule has 0 aliphatic heterocycles. The van der Waals surface area contributed by atoms with Crippen molar-refractivity contribution >= 4 is 22.5 Å². The Balaban J connectivity index is 1.74. The average molecular weight is 423 g/mol. The summed E-state index contributed by atoms with van der Waals surface area (Å²) in [6, 6.07) is 26.1. The summed E-state index contributed by atoms with van der Waals surface area (Å²) in [5.41, 5.74) is 6.77. The lowest BCUT2D eigenvalue weighted by atomic mass is 10.0. The van der Waals surface area contributed by atoms with E-state index in [2.05, 4.69) is 34.7 Å². The highest BCUT2D eigenvalue weighted by Crippen LogP contribution is 2.38. The van der Waals surface area contributed by atoms with E-state index in [1.165, 1.54) is 0 Å². The van der Waals surface area contributed by atoms with Crippen molar-refractivity contribution in [3.63, 3.8) is 0 Å². The third-order valence-electron chi connectivity index (χ3n) is 5.68. The first-order valence-corrected chi connectivity index (χ1v) is 10.4. The molecule has 0 unspecified atom stereocenters. The lowest BCUT2D eigenvalue weighted by Gasteiger charge is -2.18. The van der Waals surface area contributed by atoms with Gasteiger partial charge in [0.05, 0.1) is 35.4 Å². The van der Waals surface area contributed by atoms with Crippen molar-refractivity contribution in [3.8, 4) is 28.6 Å². The minimum atomic E-state index is 0.0561. The van der Waals surface area contributed by atoms with E-state index in [-0.39, 0.29) is 6.04 Å². The quantitative estimate of drug-likeness (QED) is 0.345. The van der Waals surface area contributed by atoms with Gasteiger partial charge in [0.1, 0.15) is 0 Å². The molecule has 0 saturated carbocycles. The number of fused-ring (bicyclic) bond motifs is 1. The number of halogens is 1. The van der Waals surface area contributed by atoms with Gasteiger partial charge in [-0.3, -0.25) is 0 Å². The molecule has 0 spiro atoms. The maximum Gasteiger partial charge on any atom is 0.0992 e. The van der Waals surface area contributed by atoms with Crippen molar-refractivity contribution in [3.05, 3.63) is 101 Å². The molecule has 0 amide bonds. The number of hydrogen-bond donors (Lipinski definition) is 1. The minimum absolute atomic E-state index is 0.0561. The fraction of sp³-hybridized carbons (Fsp3) is 0.0769. The average Bonchev–Trinajstić information content (AvgIpc) is 3.43. The van der Waals surface area contributed by atoms with Crippen LogP contribution in [0.2, 0.25) is 5.02 Å². The number of benzene rings is 3. The van der Waals surface area contributed by atoms with Crippen LogP contribution in [0.3, 0.4) is 0 Å². The van der Waals surface area contributed by atoms with Crippen LogP contribution in [-0.2, 0) is 0 Å². The number of hydrogen-bond acceptors (Lipinski definition) is 2. The third kappa shape index (κ3) is 3.39. The second-order valence-corrected chi connectivity index (χ2v) is 7.95. The molecule has 31 heavy (non-hydrogen) atoms. The predicted molar refractivity (Wildman–Crippen MR) is 125 cm³/mol. The van der Waals surface area contributed by atoms with E-state index in [0.29, 0.717) is 5.56 Å². The van der Waals surface area contributed by atoms with Gasteiger partial charge < -0.3 is 9.55 Å². The summed E-state index contributed by atoms with van der Waals surface area (Å²) in [6.07, 6.45) is 3.90. The van der Waals surface area contributed by atoms with Crippen molar-refractivity contribution in [1.29, 1.82) is 5.26 Å². The number of H-pyrrole nitrogens is 1. The van der Waals surface area contributed by atoms with Gasteiger partial charge >= 0.3 is 0 Å². The molecule has 0 aliphatic rings. The summed E-state index contributed by atoms with van der Waals surface area (Å²) in [5.74, 6) is 0. The first kappa shape index (κ1) is 19.2. The Hall–Kier alpha value is -3.81. The number of aromatic nitrogens is 3. The fourth-order valence-corrected chi connectivity index (χ4v) is 4.15. The maximum atomic E-state index is 9.26. The predicted octanol–water partition coefficient (Wildman–Crippen LogP) is 6.83. The van der Waals surface area contributed by atoms with E-state index in [4.69, 9.17) is 16.6 Å². The summed E-state index contributed by atoms with van der Waals surface area (Å²) in [6.45, 7) is 2.16. The number of nitrogens with zero attached hydrogens (tertiary/aromatic N) is 3. The van der Waals surface area contributed by atoms with Crippen molar-refractivity contribution < 1.29 is 0 Å². The first-order chi connectivity index (χ1) is 15.2. The van der Waals surface area contributed by atoms with Gasteiger partial charge in [-0.2, -0.15) is 5.26 Å². The van der Waals surface area contributed by atoms with Crippen LogP contribution >= 0.6 is 11.6 Å². The van der Waals surface area contributed by atoms with E-state index in [1.54, 1.807) is 0 Å². The molecule has 5 heteroatoms. The highest BCUT2D eigenvalue weighted by Gasteiger charge is 2.21. The summed E-state index contributed by atoms with van der Waals surface area (Å²) in [4.78, 5) is 8.15. The zero-order valence-electron chi connectivity index (χ0n) is 16.9. The zero-order valence-corrected chi connectivity index (χ0v) is 17.6. The summed E-state index contributed by atoms with van der Waals surface area (Å²) in [5, 5.41) is 11.0. The van der Waals surface area contributed by atoms with Crippen LogP contribution in [0.25, 0.3) is 33.4 Å². The Morgan fingerprint density at radius 3 is 2.55 bits per heavy atom. The number of nitrogens with one attached hydrogen (secondary N) is 1. The molecule has 3 aromatic carbocycles. The van der Waals surface area contributed by atoms with Crippen LogP contribution in [0.1, 0.15) is 24.1 Å². The summed E-state index contributed by atoms with van der Waals surface area (Å²) < 4.78 is 2.20. The Kier molecular flexibility index (Phi) is 4.82. The maximum absolute atomic E-state index is 9.26. The largest absolute Gasteiger partial charge is 0.360 e. The van der Waals surface area contributed by atoms with Gasteiger partial charge in [0.2, 0.25) is 0 Å². The highest BCUT2D eigenvalue weighted by atomic mass is 35.5. The monoisotopic (exact) mass is 422 g/mol. The molecule has 0 saturated heterocycles.